The van der Waals surface area contributed by atoms with Gasteiger partial charge in [-0.3, -0.25) is 0 Å². The van der Waals surface area contributed by atoms with Gasteiger partial charge in [0.25, 0.3) is 0 Å². The number of unbranched alkanes of at least 4 members (excludes halogenated alkanes) is 2. The van der Waals surface area contributed by atoms with Crippen molar-refractivity contribution in [2.75, 3.05) is 19.6 Å². The van der Waals surface area contributed by atoms with Gasteiger partial charge in [0.1, 0.15) is 6.54 Å². The maximum Gasteiger partial charge on any atom is 0.104 e. The lowest BCUT2D eigenvalue weighted by atomic mass is 10.1. The van der Waals surface area contributed by atoms with Crippen molar-refractivity contribution in [3.05, 3.63) is 35.9 Å². The predicted molar refractivity (Wildman–Crippen MR) is 80.5 cm³/mol. The van der Waals surface area contributed by atoms with E-state index in [4.69, 9.17) is 0 Å². The summed E-state index contributed by atoms with van der Waals surface area (Å²) in [6, 6.07) is 11.0. The molecule has 110 valence electrons. The molecule has 2 heteroatoms. The van der Waals surface area contributed by atoms with Crippen LogP contribution in [0.15, 0.2) is 30.3 Å². The first-order valence-electron chi connectivity index (χ1n) is 7.65. The van der Waals surface area contributed by atoms with Crippen LogP contribution in [0, 0.1) is 0 Å². The first-order chi connectivity index (χ1) is 8.76. The van der Waals surface area contributed by atoms with Gasteiger partial charge in [-0.05, 0) is 19.8 Å². The maximum atomic E-state index is 2.36. The molecule has 1 aromatic rings. The molecule has 0 N–H and O–H groups in total. The number of hydrogen-bond donors (Lipinski definition) is 0. The Morgan fingerprint density at radius 2 is 1.37 bits per heavy atom. The molecule has 0 saturated carbocycles. The van der Waals surface area contributed by atoms with E-state index in [1.807, 2.05) is 0 Å². The Morgan fingerprint density at radius 1 is 0.842 bits per heavy atom. The van der Waals surface area contributed by atoms with E-state index in [2.05, 4.69) is 51.1 Å². The molecular weight excluding hydrogens is 254 g/mol. The van der Waals surface area contributed by atoms with Crippen LogP contribution < -0.4 is 12.4 Å². The summed E-state index contributed by atoms with van der Waals surface area (Å²) >= 11 is 0. The third-order valence-electron chi connectivity index (χ3n) is 4.00. The Balaban J connectivity index is 0.00000324. The molecule has 0 amide bonds. The van der Waals surface area contributed by atoms with Gasteiger partial charge in [0.15, 0.2) is 0 Å². The molecule has 0 saturated heterocycles. The molecule has 1 aromatic carbocycles. The molecule has 19 heavy (non-hydrogen) atoms. The van der Waals surface area contributed by atoms with E-state index in [0.717, 1.165) is 0 Å². The van der Waals surface area contributed by atoms with Gasteiger partial charge in [-0.2, -0.15) is 0 Å². The Bertz CT molecular complexity index is 302. The van der Waals surface area contributed by atoms with Crippen molar-refractivity contribution < 1.29 is 16.9 Å². The first kappa shape index (κ1) is 18.5. The average molecular weight is 284 g/mol. The lowest BCUT2D eigenvalue weighted by molar-refractivity contribution is -0.939. The average Bonchev–Trinajstić information content (AvgIpc) is 2.43. The molecule has 0 radical (unpaired) electrons. The minimum Gasteiger partial charge on any atom is -1.00 e. The van der Waals surface area contributed by atoms with Crippen molar-refractivity contribution in [2.45, 2.75) is 53.0 Å². The van der Waals surface area contributed by atoms with Crippen LogP contribution in [0.25, 0.3) is 0 Å². The van der Waals surface area contributed by atoms with Gasteiger partial charge >= 0.3 is 0 Å². The van der Waals surface area contributed by atoms with Crippen LogP contribution in [0.5, 0.6) is 0 Å². The molecule has 0 atom stereocenters. The highest BCUT2D eigenvalue weighted by Crippen LogP contribution is 2.17. The molecule has 0 heterocycles. The van der Waals surface area contributed by atoms with E-state index in [0.29, 0.717) is 0 Å². The number of rotatable bonds is 9. The van der Waals surface area contributed by atoms with E-state index in [1.54, 1.807) is 0 Å². The van der Waals surface area contributed by atoms with E-state index < -0.39 is 0 Å². The fraction of sp³-hybridized carbons (Fsp3) is 0.647. The number of benzene rings is 1. The number of quaternary nitrogens is 1. The lowest BCUT2D eigenvalue weighted by Crippen LogP contribution is -3.00. The molecular formula is C17H30ClN. The monoisotopic (exact) mass is 283 g/mol. The Kier molecular flexibility index (Phi) is 9.99. The molecule has 0 aliphatic heterocycles. The zero-order valence-corrected chi connectivity index (χ0v) is 13.6. The van der Waals surface area contributed by atoms with Gasteiger partial charge in [0.2, 0.25) is 0 Å². The number of nitrogens with zero attached hydrogens (tertiary/aromatic N) is 1. The first-order valence-corrected chi connectivity index (χ1v) is 7.65. The summed E-state index contributed by atoms with van der Waals surface area (Å²) in [5.41, 5.74) is 1.49. The van der Waals surface area contributed by atoms with E-state index in [1.165, 1.54) is 61.9 Å². The SMILES string of the molecule is CCCC[N+](CC)(CCCC)Cc1ccccc1.[Cl-]. The zero-order valence-electron chi connectivity index (χ0n) is 12.9. The lowest BCUT2D eigenvalue weighted by Gasteiger charge is -2.38. The van der Waals surface area contributed by atoms with Gasteiger partial charge in [0.05, 0.1) is 19.6 Å². The fourth-order valence-electron chi connectivity index (χ4n) is 2.66. The van der Waals surface area contributed by atoms with E-state index >= 15 is 0 Å². The maximum absolute atomic E-state index is 2.36. The summed E-state index contributed by atoms with van der Waals surface area (Å²) in [6.45, 7) is 12.1. The van der Waals surface area contributed by atoms with Crippen molar-refractivity contribution in [1.82, 2.24) is 0 Å². The molecule has 0 aliphatic carbocycles. The second-order valence-corrected chi connectivity index (χ2v) is 5.46. The summed E-state index contributed by atoms with van der Waals surface area (Å²) in [5.74, 6) is 0. The number of halogens is 1. The molecule has 0 bridgehead atoms. The quantitative estimate of drug-likeness (QED) is 0.605. The summed E-state index contributed by atoms with van der Waals surface area (Å²) in [7, 11) is 0. The van der Waals surface area contributed by atoms with Crippen LogP contribution in [0.1, 0.15) is 52.0 Å². The van der Waals surface area contributed by atoms with Crippen molar-refractivity contribution in [3.63, 3.8) is 0 Å². The van der Waals surface area contributed by atoms with Gasteiger partial charge < -0.3 is 16.9 Å². The molecule has 1 nitrogen and oxygen atoms in total. The van der Waals surface area contributed by atoms with Crippen molar-refractivity contribution in [1.29, 1.82) is 0 Å². The van der Waals surface area contributed by atoms with E-state index in [-0.39, 0.29) is 12.4 Å². The highest BCUT2D eigenvalue weighted by Gasteiger charge is 2.24. The van der Waals surface area contributed by atoms with Gasteiger partial charge in [-0.15, -0.1) is 0 Å². The van der Waals surface area contributed by atoms with Crippen molar-refractivity contribution >= 4 is 0 Å². The van der Waals surface area contributed by atoms with Gasteiger partial charge in [0, 0.05) is 5.56 Å². The summed E-state index contributed by atoms with van der Waals surface area (Å²) in [4.78, 5) is 0. The molecule has 0 aromatic heterocycles. The molecule has 0 unspecified atom stereocenters. The Morgan fingerprint density at radius 3 is 1.79 bits per heavy atom. The van der Waals surface area contributed by atoms with Crippen LogP contribution in [-0.2, 0) is 6.54 Å². The van der Waals surface area contributed by atoms with Crippen LogP contribution in [-0.4, -0.2) is 24.1 Å². The molecule has 0 spiro atoms. The third-order valence-corrected chi connectivity index (χ3v) is 4.00. The summed E-state index contributed by atoms with van der Waals surface area (Å²) in [6.07, 6.45) is 5.32. The molecule has 0 aliphatic rings. The normalized spacial score (nSPS) is 11.1. The highest BCUT2D eigenvalue weighted by atomic mass is 35.5. The van der Waals surface area contributed by atoms with Crippen LogP contribution in [0.3, 0.4) is 0 Å². The van der Waals surface area contributed by atoms with Gasteiger partial charge in [-0.1, -0.05) is 57.0 Å². The topological polar surface area (TPSA) is 0 Å². The van der Waals surface area contributed by atoms with E-state index in [9.17, 15) is 0 Å². The van der Waals surface area contributed by atoms with Crippen molar-refractivity contribution in [2.24, 2.45) is 0 Å². The highest BCUT2D eigenvalue weighted by molar-refractivity contribution is 5.13. The minimum absolute atomic E-state index is 0. The van der Waals surface area contributed by atoms with Gasteiger partial charge in [-0.25, -0.2) is 0 Å². The second-order valence-electron chi connectivity index (χ2n) is 5.46. The smallest absolute Gasteiger partial charge is 0.104 e. The van der Waals surface area contributed by atoms with Crippen LogP contribution in [0.2, 0.25) is 0 Å². The second kappa shape index (κ2) is 10.3. The summed E-state index contributed by atoms with van der Waals surface area (Å²) in [5, 5.41) is 0. The summed E-state index contributed by atoms with van der Waals surface area (Å²) < 4.78 is 1.27. The fourth-order valence-corrected chi connectivity index (χ4v) is 2.66. The predicted octanol–water partition coefficient (Wildman–Crippen LogP) is 1.63. The third kappa shape index (κ3) is 6.44. The van der Waals surface area contributed by atoms with Crippen LogP contribution >= 0.6 is 0 Å². The molecule has 0 fully saturated rings. The van der Waals surface area contributed by atoms with Crippen LogP contribution in [0.4, 0.5) is 0 Å². The number of hydrogen-bond acceptors (Lipinski definition) is 0. The molecule has 1 rings (SSSR count). The standard InChI is InChI=1S/C17H30N.ClH/c1-4-7-14-18(6-3,15-8-5-2)16-17-12-10-9-11-13-17;/h9-13H,4-8,14-16H2,1-3H3;1H/q+1;/p-1. The minimum atomic E-state index is 0. The largest absolute Gasteiger partial charge is 1.00 e. The van der Waals surface area contributed by atoms with Crippen molar-refractivity contribution in [3.8, 4) is 0 Å². The Hall–Kier alpha value is -0.530. The zero-order chi connectivity index (χ0) is 13.3. The Labute approximate surface area is 126 Å².